The van der Waals surface area contributed by atoms with E-state index in [1.54, 1.807) is 47.4 Å². The normalized spacial score (nSPS) is 12.6. The molecule has 1 aliphatic heterocycles. The number of benzene rings is 4. The third kappa shape index (κ3) is 6.28. The minimum Gasteiger partial charge on any atom is -0.497 e. The van der Waals surface area contributed by atoms with E-state index in [0.29, 0.717) is 58.6 Å². The van der Waals surface area contributed by atoms with Gasteiger partial charge in [0.15, 0.2) is 0 Å². The molecule has 0 radical (unpaired) electrons. The van der Waals surface area contributed by atoms with E-state index in [2.05, 4.69) is 4.72 Å². The van der Waals surface area contributed by atoms with Crippen LogP contribution in [0.3, 0.4) is 0 Å². The van der Waals surface area contributed by atoms with Crippen LogP contribution in [0, 0.1) is 0 Å². The van der Waals surface area contributed by atoms with Crippen LogP contribution < -0.4 is 28.6 Å². The van der Waals surface area contributed by atoms with Crippen molar-refractivity contribution in [2.75, 3.05) is 32.3 Å². The Bertz CT molecular complexity index is 1800. The number of hydrogen-bond donors (Lipinski definition) is 1. The van der Waals surface area contributed by atoms with Gasteiger partial charge in [-0.2, -0.15) is 0 Å². The van der Waals surface area contributed by atoms with Crippen LogP contribution >= 0.6 is 0 Å². The Morgan fingerprint density at radius 3 is 2.02 bits per heavy atom. The Balaban J connectivity index is 1.33. The average Bonchev–Trinajstić information content (AvgIpc) is 3.35. The fraction of sp³-hybridized carbons (Fsp3) is 0.273. The number of rotatable bonds is 12. The highest BCUT2D eigenvalue weighted by Crippen LogP contribution is 2.46. The molecule has 1 aliphatic rings. The minimum absolute atomic E-state index is 0.175. The first-order valence-electron chi connectivity index (χ1n) is 14.2. The third-order valence-corrected chi connectivity index (χ3v) is 8.47. The summed E-state index contributed by atoms with van der Waals surface area (Å²) in [6.45, 7) is 4.88. The first-order valence-corrected chi connectivity index (χ1v) is 15.8. The first-order chi connectivity index (χ1) is 21.2. The number of amides is 2. The summed E-state index contributed by atoms with van der Waals surface area (Å²) >= 11 is 0. The van der Waals surface area contributed by atoms with E-state index in [-0.39, 0.29) is 18.9 Å². The molecule has 0 saturated carbocycles. The lowest BCUT2D eigenvalue weighted by atomic mass is 9.99. The van der Waals surface area contributed by atoms with Gasteiger partial charge in [-0.25, -0.2) is 8.42 Å². The van der Waals surface area contributed by atoms with Crippen molar-refractivity contribution in [3.8, 4) is 23.0 Å². The Morgan fingerprint density at radius 1 is 0.841 bits per heavy atom. The molecule has 0 aliphatic carbocycles. The summed E-state index contributed by atoms with van der Waals surface area (Å²) in [6.07, 6.45) is -0.175. The molecule has 0 saturated heterocycles. The second-order valence-electron chi connectivity index (χ2n) is 10.2. The Hall–Kier alpha value is -4.77. The van der Waals surface area contributed by atoms with Crippen molar-refractivity contribution in [1.29, 1.82) is 0 Å². The molecule has 0 atom stereocenters. The maximum absolute atomic E-state index is 13.8. The summed E-state index contributed by atoms with van der Waals surface area (Å²) in [5, 5.41) is 1.68. The molecular formula is C33H34N2O8S. The van der Waals surface area contributed by atoms with Crippen LogP contribution in [0.25, 0.3) is 10.8 Å². The summed E-state index contributed by atoms with van der Waals surface area (Å²) in [4.78, 5) is 28.0. The number of sulfonamides is 1. The van der Waals surface area contributed by atoms with Gasteiger partial charge in [-0.3, -0.25) is 14.3 Å². The molecule has 11 heteroatoms. The Kier molecular flexibility index (Phi) is 8.96. The van der Waals surface area contributed by atoms with Crippen molar-refractivity contribution in [2.45, 2.75) is 32.6 Å². The molecule has 4 aromatic carbocycles. The van der Waals surface area contributed by atoms with Gasteiger partial charge in [0.25, 0.3) is 5.91 Å². The van der Waals surface area contributed by atoms with E-state index in [0.717, 1.165) is 16.3 Å². The lowest BCUT2D eigenvalue weighted by Gasteiger charge is -2.16. The molecule has 5 rings (SSSR count). The second-order valence-corrected chi connectivity index (χ2v) is 11.9. The molecule has 0 unspecified atom stereocenters. The molecule has 1 N–H and O–H groups in total. The van der Waals surface area contributed by atoms with E-state index in [9.17, 15) is 18.0 Å². The van der Waals surface area contributed by atoms with E-state index in [4.69, 9.17) is 18.9 Å². The smallest absolute Gasteiger partial charge is 0.262 e. The van der Waals surface area contributed by atoms with Gasteiger partial charge in [0.2, 0.25) is 15.9 Å². The number of carbonyl (C=O) groups excluding carboxylic acids is 2. The molecule has 0 aromatic heterocycles. The van der Waals surface area contributed by atoms with E-state index >= 15 is 0 Å². The second kappa shape index (κ2) is 12.8. The summed E-state index contributed by atoms with van der Waals surface area (Å²) < 4.78 is 50.3. The predicted octanol–water partition coefficient (Wildman–Crippen LogP) is 5.00. The first kappa shape index (κ1) is 30.7. The minimum atomic E-state index is -3.99. The predicted molar refractivity (Wildman–Crippen MR) is 167 cm³/mol. The standard InChI is InChI=1S/C33H34N2O8S/c1-5-42-31-26-9-7-8-10-27(26)32(43-6-2)30-28(31)19-35(33(30)37)23-13-11-21(12-14-23)20-44(38,39)34-29(36)17-22-15-24(40-3)18-25(16-22)41-4/h7-16,18H,5-6,17,19-20H2,1-4H3,(H,34,36). The van der Waals surface area contributed by atoms with Gasteiger partial charge in [0.1, 0.15) is 23.0 Å². The van der Waals surface area contributed by atoms with Gasteiger partial charge < -0.3 is 23.8 Å². The number of carbonyl (C=O) groups is 2. The monoisotopic (exact) mass is 618 g/mol. The van der Waals surface area contributed by atoms with Gasteiger partial charge in [-0.15, -0.1) is 0 Å². The number of anilines is 1. The summed E-state index contributed by atoms with van der Waals surface area (Å²) in [5.74, 6) is 0.848. The SMILES string of the molecule is CCOc1c2c(c(OCC)c3ccccc13)C(=O)N(c1ccc(CS(=O)(=O)NC(=O)Cc3cc(OC)cc(OC)c3)cc1)C2. The van der Waals surface area contributed by atoms with Gasteiger partial charge in [0, 0.05) is 28.1 Å². The zero-order valence-electron chi connectivity index (χ0n) is 25.0. The maximum Gasteiger partial charge on any atom is 0.262 e. The third-order valence-electron chi connectivity index (χ3n) is 7.22. The molecule has 230 valence electrons. The molecule has 0 fully saturated rings. The molecule has 1 heterocycles. The van der Waals surface area contributed by atoms with Crippen LogP contribution in [0.1, 0.15) is 40.9 Å². The molecule has 0 bridgehead atoms. The van der Waals surface area contributed by atoms with E-state index < -0.39 is 21.7 Å². The lowest BCUT2D eigenvalue weighted by molar-refractivity contribution is -0.118. The fourth-order valence-corrected chi connectivity index (χ4v) is 6.49. The average molecular weight is 619 g/mol. The van der Waals surface area contributed by atoms with Crippen molar-refractivity contribution in [3.63, 3.8) is 0 Å². The molecule has 0 spiro atoms. The largest absolute Gasteiger partial charge is 0.497 e. The fourth-order valence-electron chi connectivity index (χ4n) is 5.37. The number of nitrogens with zero attached hydrogens (tertiary/aromatic N) is 1. The highest BCUT2D eigenvalue weighted by atomic mass is 32.2. The maximum atomic E-state index is 13.8. The zero-order valence-corrected chi connectivity index (χ0v) is 25.8. The Labute approximate surface area is 256 Å². The highest BCUT2D eigenvalue weighted by Gasteiger charge is 2.36. The summed E-state index contributed by atoms with van der Waals surface area (Å²) in [7, 11) is -1.01. The zero-order chi connectivity index (χ0) is 31.4. The van der Waals surface area contributed by atoms with Gasteiger partial charge in [-0.1, -0.05) is 36.4 Å². The molecule has 2 amide bonds. The lowest BCUT2D eigenvalue weighted by Crippen LogP contribution is -2.32. The van der Waals surface area contributed by atoms with Crippen LogP contribution in [0.4, 0.5) is 5.69 Å². The van der Waals surface area contributed by atoms with Gasteiger partial charge >= 0.3 is 0 Å². The highest BCUT2D eigenvalue weighted by molar-refractivity contribution is 7.89. The van der Waals surface area contributed by atoms with Crippen molar-refractivity contribution < 1.29 is 37.0 Å². The van der Waals surface area contributed by atoms with Crippen LogP contribution in [0.5, 0.6) is 23.0 Å². The number of ether oxygens (including phenoxy) is 4. The van der Waals surface area contributed by atoms with Crippen molar-refractivity contribution >= 4 is 38.3 Å². The molecule has 10 nitrogen and oxygen atoms in total. The number of nitrogens with one attached hydrogen (secondary N) is 1. The molecular weight excluding hydrogens is 584 g/mol. The van der Waals surface area contributed by atoms with Crippen molar-refractivity contribution in [2.24, 2.45) is 0 Å². The quantitative estimate of drug-likeness (QED) is 0.236. The van der Waals surface area contributed by atoms with Gasteiger partial charge in [-0.05, 0) is 49.2 Å². The number of methoxy groups -OCH3 is 2. The Morgan fingerprint density at radius 2 is 1.43 bits per heavy atom. The number of hydrogen-bond acceptors (Lipinski definition) is 8. The van der Waals surface area contributed by atoms with Crippen LogP contribution in [0.2, 0.25) is 0 Å². The van der Waals surface area contributed by atoms with Crippen molar-refractivity contribution in [1.82, 2.24) is 4.72 Å². The molecule has 4 aromatic rings. The molecule has 44 heavy (non-hydrogen) atoms. The number of fused-ring (bicyclic) bond motifs is 2. The topological polar surface area (TPSA) is 120 Å². The van der Waals surface area contributed by atoms with E-state index in [1.807, 2.05) is 38.1 Å². The van der Waals surface area contributed by atoms with Gasteiger partial charge in [0.05, 0.1) is 51.7 Å². The van der Waals surface area contributed by atoms with E-state index in [1.165, 1.54) is 14.2 Å². The van der Waals surface area contributed by atoms with Crippen LogP contribution in [-0.4, -0.2) is 47.7 Å². The van der Waals surface area contributed by atoms with Crippen LogP contribution in [0.15, 0.2) is 66.7 Å². The van der Waals surface area contributed by atoms with Crippen LogP contribution in [-0.2, 0) is 33.5 Å². The summed E-state index contributed by atoms with van der Waals surface area (Å²) in [5.41, 5.74) is 2.82. The summed E-state index contributed by atoms with van der Waals surface area (Å²) in [6, 6.07) is 19.3. The van der Waals surface area contributed by atoms with Crippen molar-refractivity contribution in [3.05, 3.63) is 89.0 Å².